The van der Waals surface area contributed by atoms with E-state index in [1.165, 1.54) is 5.56 Å². The molecule has 0 radical (unpaired) electrons. The number of fused-ring (bicyclic) bond motifs is 1. The van der Waals surface area contributed by atoms with E-state index >= 15 is 0 Å². The molecule has 4 heteroatoms. The van der Waals surface area contributed by atoms with Gasteiger partial charge in [-0.2, -0.15) is 0 Å². The third-order valence-electron chi connectivity index (χ3n) is 3.01. The molecule has 0 bridgehead atoms. The molecule has 0 aromatic heterocycles. The molecule has 17 heavy (non-hydrogen) atoms. The van der Waals surface area contributed by atoms with Crippen LogP contribution in [0.3, 0.4) is 0 Å². The number of amides is 1. The monoisotopic (exact) mass is 345 g/mol. The number of aryl methyl sites for hydroxylation is 1. The number of carbonyl (C=O) groups is 1. The van der Waals surface area contributed by atoms with E-state index in [2.05, 4.69) is 28.7 Å². The largest absolute Gasteiger partial charge is 0.497 e. The molecule has 1 aromatic carbocycles. The summed E-state index contributed by atoms with van der Waals surface area (Å²) in [6.45, 7) is 2.03. The number of alkyl halides is 1. The molecule has 1 aromatic rings. The lowest BCUT2D eigenvalue weighted by molar-refractivity contribution is -0.118. The highest BCUT2D eigenvalue weighted by Crippen LogP contribution is 2.33. The molecule has 0 saturated carbocycles. The van der Waals surface area contributed by atoms with Crippen molar-refractivity contribution in [2.75, 3.05) is 12.0 Å². The molecule has 0 spiro atoms. The zero-order valence-corrected chi connectivity index (χ0v) is 12.2. The lowest BCUT2D eigenvalue weighted by Gasteiger charge is -2.26. The first-order valence-corrected chi connectivity index (χ1v) is 7.01. The van der Waals surface area contributed by atoms with Gasteiger partial charge >= 0.3 is 0 Å². The Kier molecular flexibility index (Phi) is 3.91. The maximum Gasteiger partial charge on any atom is 0.227 e. The van der Waals surface area contributed by atoms with Gasteiger partial charge in [-0.05, 0) is 31.4 Å². The number of halogens is 1. The van der Waals surface area contributed by atoms with Crippen LogP contribution in [0.1, 0.15) is 25.3 Å². The Bertz CT molecular complexity index is 431. The maximum atomic E-state index is 12.1. The summed E-state index contributed by atoms with van der Waals surface area (Å²) in [7, 11) is 1.65. The molecule has 0 aliphatic carbocycles. The number of benzene rings is 1. The number of methoxy groups -OCH3 is 1. The van der Waals surface area contributed by atoms with Gasteiger partial charge in [0.05, 0.1) is 16.8 Å². The Balaban J connectivity index is 2.50. The highest BCUT2D eigenvalue weighted by Gasteiger charge is 2.25. The summed E-state index contributed by atoms with van der Waals surface area (Å²) in [5, 5.41) is 0. The molecule has 1 heterocycles. The summed E-state index contributed by atoms with van der Waals surface area (Å²) in [6.07, 6.45) is 2.52. The van der Waals surface area contributed by atoms with E-state index in [1.807, 2.05) is 24.0 Å². The van der Waals surface area contributed by atoms with Crippen molar-refractivity contribution in [3.8, 4) is 5.75 Å². The molecule has 1 amide bonds. The van der Waals surface area contributed by atoms with Gasteiger partial charge in [0, 0.05) is 12.5 Å². The van der Waals surface area contributed by atoms with Crippen LogP contribution in [0.15, 0.2) is 18.2 Å². The van der Waals surface area contributed by atoms with Crippen LogP contribution in [-0.4, -0.2) is 17.1 Å². The van der Waals surface area contributed by atoms with E-state index in [0.717, 1.165) is 24.3 Å². The minimum absolute atomic E-state index is 0.157. The summed E-state index contributed by atoms with van der Waals surface area (Å²) in [5.74, 6) is 1.01. The third kappa shape index (κ3) is 2.56. The zero-order valence-electron chi connectivity index (χ0n) is 10.1. The number of ether oxygens (including phenoxy) is 1. The van der Waals surface area contributed by atoms with Crippen LogP contribution in [0.25, 0.3) is 0 Å². The minimum atomic E-state index is 0.157. The third-order valence-corrected chi connectivity index (χ3v) is 3.57. The van der Waals surface area contributed by atoms with E-state index in [-0.39, 0.29) is 9.96 Å². The number of carbonyl (C=O) groups excluding carboxylic acids is 1. The fraction of sp³-hybridized carbons (Fsp3) is 0.462. The highest BCUT2D eigenvalue weighted by molar-refractivity contribution is 14.1. The number of hydrogen-bond donors (Lipinski definition) is 0. The Morgan fingerprint density at radius 2 is 2.18 bits per heavy atom. The van der Waals surface area contributed by atoms with Gasteiger partial charge in [0.25, 0.3) is 0 Å². The quantitative estimate of drug-likeness (QED) is 0.468. The topological polar surface area (TPSA) is 29.5 Å². The fourth-order valence-electron chi connectivity index (χ4n) is 2.18. The van der Waals surface area contributed by atoms with Crippen LogP contribution in [0.5, 0.6) is 5.75 Å². The molecular weight excluding hydrogens is 329 g/mol. The summed E-state index contributed by atoms with van der Waals surface area (Å²) >= 11 is 2.28. The van der Waals surface area contributed by atoms with Gasteiger partial charge in [-0.1, -0.05) is 28.7 Å². The minimum Gasteiger partial charge on any atom is -0.497 e. The molecule has 0 saturated heterocycles. The number of anilines is 1. The molecule has 1 atom stereocenters. The van der Waals surface area contributed by atoms with Crippen LogP contribution in [0, 0.1) is 0 Å². The summed E-state index contributed by atoms with van der Waals surface area (Å²) < 4.78 is 5.40. The van der Waals surface area contributed by atoms with Gasteiger partial charge in [0.1, 0.15) is 5.75 Å². The number of rotatable bonds is 2. The Morgan fingerprint density at radius 3 is 2.82 bits per heavy atom. The van der Waals surface area contributed by atoms with Gasteiger partial charge < -0.3 is 4.74 Å². The lowest BCUT2D eigenvalue weighted by Crippen LogP contribution is -2.34. The van der Waals surface area contributed by atoms with Crippen molar-refractivity contribution in [3.63, 3.8) is 0 Å². The molecule has 3 nitrogen and oxygen atoms in total. The molecule has 2 rings (SSSR count). The van der Waals surface area contributed by atoms with E-state index in [1.54, 1.807) is 7.11 Å². The summed E-state index contributed by atoms with van der Waals surface area (Å²) in [6, 6.07) is 6.00. The standard InChI is InChI=1S/C13H16INO2/c1-9(14)15-12-8-11(17-2)7-6-10(12)4-3-5-13(15)16/h6-9H,3-5H2,1-2H3. The van der Waals surface area contributed by atoms with Crippen LogP contribution >= 0.6 is 22.6 Å². The SMILES string of the molecule is COc1ccc2c(c1)N(C(C)I)C(=O)CCC2. The van der Waals surface area contributed by atoms with Crippen molar-refractivity contribution in [1.82, 2.24) is 0 Å². The van der Waals surface area contributed by atoms with E-state index in [0.29, 0.717) is 6.42 Å². The van der Waals surface area contributed by atoms with Crippen molar-refractivity contribution in [1.29, 1.82) is 0 Å². The average molecular weight is 345 g/mol. The molecule has 1 aliphatic heterocycles. The fourth-order valence-corrected chi connectivity index (χ4v) is 2.79. The lowest BCUT2D eigenvalue weighted by atomic mass is 10.1. The molecular formula is C13H16INO2. The van der Waals surface area contributed by atoms with E-state index in [4.69, 9.17) is 4.74 Å². The second kappa shape index (κ2) is 5.25. The molecule has 92 valence electrons. The second-order valence-corrected chi connectivity index (χ2v) is 5.99. The first-order valence-electron chi connectivity index (χ1n) is 5.76. The van der Waals surface area contributed by atoms with Crippen molar-refractivity contribution in [3.05, 3.63) is 23.8 Å². The predicted octanol–water partition coefficient (Wildman–Crippen LogP) is 3.15. The van der Waals surface area contributed by atoms with Crippen LogP contribution in [-0.2, 0) is 11.2 Å². The summed E-state index contributed by atoms with van der Waals surface area (Å²) in [5.41, 5.74) is 2.24. The van der Waals surface area contributed by atoms with E-state index < -0.39 is 0 Å². The second-order valence-electron chi connectivity index (χ2n) is 4.19. The van der Waals surface area contributed by atoms with Gasteiger partial charge in [-0.25, -0.2) is 0 Å². The Hall–Kier alpha value is -0.780. The zero-order chi connectivity index (χ0) is 12.4. The number of nitrogens with zero attached hydrogens (tertiary/aromatic N) is 1. The van der Waals surface area contributed by atoms with Gasteiger partial charge in [0.2, 0.25) is 5.91 Å². The van der Waals surface area contributed by atoms with Crippen molar-refractivity contribution >= 4 is 34.2 Å². The predicted molar refractivity (Wildman–Crippen MR) is 76.9 cm³/mol. The van der Waals surface area contributed by atoms with Gasteiger partial charge in [-0.3, -0.25) is 9.69 Å². The first kappa shape index (κ1) is 12.7. The maximum absolute atomic E-state index is 12.1. The molecule has 1 unspecified atom stereocenters. The van der Waals surface area contributed by atoms with Gasteiger partial charge in [0.15, 0.2) is 0 Å². The van der Waals surface area contributed by atoms with Crippen LogP contribution in [0.2, 0.25) is 0 Å². The Morgan fingerprint density at radius 1 is 1.41 bits per heavy atom. The smallest absolute Gasteiger partial charge is 0.227 e. The molecule has 0 N–H and O–H groups in total. The normalized spacial score (nSPS) is 17.4. The van der Waals surface area contributed by atoms with Crippen molar-refractivity contribution in [2.45, 2.75) is 30.2 Å². The van der Waals surface area contributed by atoms with Gasteiger partial charge in [-0.15, -0.1) is 0 Å². The number of hydrogen-bond acceptors (Lipinski definition) is 2. The van der Waals surface area contributed by atoms with Crippen molar-refractivity contribution < 1.29 is 9.53 Å². The average Bonchev–Trinajstić information content (AvgIpc) is 2.46. The molecule has 1 aliphatic rings. The Labute approximate surface area is 115 Å². The van der Waals surface area contributed by atoms with Crippen molar-refractivity contribution in [2.24, 2.45) is 0 Å². The van der Waals surface area contributed by atoms with Crippen LogP contribution in [0.4, 0.5) is 5.69 Å². The van der Waals surface area contributed by atoms with Crippen LogP contribution < -0.4 is 9.64 Å². The van der Waals surface area contributed by atoms with E-state index in [9.17, 15) is 4.79 Å². The highest BCUT2D eigenvalue weighted by atomic mass is 127. The first-order chi connectivity index (χ1) is 8.13. The summed E-state index contributed by atoms with van der Waals surface area (Å²) in [4.78, 5) is 14.0. The molecule has 0 fully saturated rings.